The number of carbonyl (C=O) groups is 2. The van der Waals surface area contributed by atoms with Gasteiger partial charge >= 0.3 is 5.97 Å². The van der Waals surface area contributed by atoms with Gasteiger partial charge in [-0.25, -0.2) is 0 Å². The van der Waals surface area contributed by atoms with Crippen molar-refractivity contribution in [3.05, 3.63) is 48.6 Å². The summed E-state index contributed by atoms with van der Waals surface area (Å²) in [4.78, 5) is 26.6. The lowest BCUT2D eigenvalue weighted by atomic mass is 9.99. The molecule has 0 spiro atoms. The first-order valence-corrected chi connectivity index (χ1v) is 33.9. The van der Waals surface area contributed by atoms with E-state index in [9.17, 15) is 35.1 Å². The van der Waals surface area contributed by atoms with Crippen molar-refractivity contribution in [3.63, 3.8) is 0 Å². The molecule has 11 heteroatoms. The first-order chi connectivity index (χ1) is 39.2. The Kier molecular flexibility index (Phi) is 54.0. The molecule has 11 nitrogen and oxygen atoms in total. The molecule has 0 saturated carbocycles. The molecule has 0 aromatic rings. The highest BCUT2D eigenvalue weighted by molar-refractivity contribution is 5.80. The molecular formula is C69H127NO10. The van der Waals surface area contributed by atoms with Gasteiger partial charge in [-0.2, -0.15) is 0 Å². The van der Waals surface area contributed by atoms with Gasteiger partial charge in [0.1, 0.15) is 24.4 Å². The maximum absolute atomic E-state index is 13.5. The van der Waals surface area contributed by atoms with E-state index in [1.54, 1.807) is 6.08 Å². The highest BCUT2D eigenvalue weighted by Gasteiger charge is 2.47. The van der Waals surface area contributed by atoms with E-state index in [-0.39, 0.29) is 13.0 Å². The van der Waals surface area contributed by atoms with E-state index in [1.165, 1.54) is 193 Å². The van der Waals surface area contributed by atoms with Crippen LogP contribution in [0, 0.1) is 0 Å². The smallest absolute Gasteiger partial charge is 0.306 e. The molecule has 0 bridgehead atoms. The largest absolute Gasteiger partial charge is 0.454 e. The molecular weight excluding hydrogens is 1000 g/mol. The zero-order valence-corrected chi connectivity index (χ0v) is 52.0. The summed E-state index contributed by atoms with van der Waals surface area (Å²) in [5.74, 6) is -1.21. The predicted octanol–water partition coefficient (Wildman–Crippen LogP) is 16.8. The minimum Gasteiger partial charge on any atom is -0.454 e. The summed E-state index contributed by atoms with van der Waals surface area (Å²) in [6.07, 6.45) is 60.4. The van der Waals surface area contributed by atoms with Crippen molar-refractivity contribution in [2.24, 2.45) is 0 Å². The van der Waals surface area contributed by atoms with Crippen LogP contribution in [0.3, 0.4) is 0 Å². The number of allylic oxidation sites excluding steroid dienone is 7. The Bertz CT molecular complexity index is 1490. The summed E-state index contributed by atoms with van der Waals surface area (Å²) in [5.41, 5.74) is 0. The Balaban J connectivity index is 2.55. The van der Waals surface area contributed by atoms with Crippen LogP contribution in [0.4, 0.5) is 0 Å². The van der Waals surface area contributed by atoms with Crippen molar-refractivity contribution in [1.29, 1.82) is 0 Å². The topological polar surface area (TPSA) is 175 Å². The van der Waals surface area contributed by atoms with Gasteiger partial charge in [0.25, 0.3) is 0 Å². The SMILES string of the molecule is CC/C=C/C=C/C=C\CCCCCCCC(=O)OC1C(OCC(NC(=O)C(O)CCCCCCCCCCCCCCCCCCCCCCCCCCCC)C(O)/C=C/CCCCCCCCCCCC)OC(CO)C(O)C1O. The summed E-state index contributed by atoms with van der Waals surface area (Å²) >= 11 is 0. The normalized spacial score (nSPS) is 19.0. The summed E-state index contributed by atoms with van der Waals surface area (Å²) in [6.45, 7) is 5.67. The molecule has 1 heterocycles. The molecule has 80 heavy (non-hydrogen) atoms. The third-order valence-electron chi connectivity index (χ3n) is 16.1. The molecule has 6 N–H and O–H groups in total. The van der Waals surface area contributed by atoms with E-state index < -0.39 is 67.4 Å². The zero-order valence-electron chi connectivity index (χ0n) is 52.0. The number of ether oxygens (including phenoxy) is 3. The molecule has 8 atom stereocenters. The number of carbonyl (C=O) groups excluding carboxylic acids is 2. The molecule has 0 aromatic heterocycles. The second-order valence-corrected chi connectivity index (χ2v) is 23.6. The lowest BCUT2D eigenvalue weighted by Gasteiger charge is -2.41. The van der Waals surface area contributed by atoms with Crippen molar-refractivity contribution in [2.45, 2.75) is 365 Å². The van der Waals surface area contributed by atoms with Crippen LogP contribution in [0.2, 0.25) is 0 Å². The predicted molar refractivity (Wildman–Crippen MR) is 334 cm³/mol. The first kappa shape index (κ1) is 75.6. The van der Waals surface area contributed by atoms with Crippen LogP contribution in [0.5, 0.6) is 0 Å². The van der Waals surface area contributed by atoms with Gasteiger partial charge in [0.05, 0.1) is 25.4 Å². The van der Waals surface area contributed by atoms with Gasteiger partial charge in [-0.1, -0.05) is 313 Å². The Morgan fingerprint density at radius 1 is 0.500 bits per heavy atom. The average Bonchev–Trinajstić information content (AvgIpc) is 3.45. The molecule has 0 aromatic carbocycles. The van der Waals surface area contributed by atoms with Crippen molar-refractivity contribution >= 4 is 11.9 Å². The lowest BCUT2D eigenvalue weighted by Crippen LogP contribution is -2.61. The van der Waals surface area contributed by atoms with Crippen molar-refractivity contribution in [2.75, 3.05) is 13.2 Å². The second-order valence-electron chi connectivity index (χ2n) is 23.6. The number of aliphatic hydroxyl groups is 5. The maximum Gasteiger partial charge on any atom is 0.306 e. The third-order valence-corrected chi connectivity index (χ3v) is 16.1. The fraction of sp³-hybridized carbons (Fsp3) is 0.855. The number of hydrogen-bond acceptors (Lipinski definition) is 10. The van der Waals surface area contributed by atoms with Crippen LogP contribution in [0.25, 0.3) is 0 Å². The molecule has 1 saturated heterocycles. The first-order valence-electron chi connectivity index (χ1n) is 33.9. The van der Waals surface area contributed by atoms with E-state index in [0.717, 1.165) is 77.0 Å². The molecule has 468 valence electrons. The standard InChI is InChI=1S/C69H127NO10/c1-4-7-10-13-16-19-22-25-26-27-28-29-30-31-32-33-34-35-36-37-39-41-44-47-50-53-56-62(73)68(77)70-60(61(72)55-52-49-46-43-40-24-21-18-15-12-9-6-3)59-78-69-67(66(76)65(75)63(58-71)79-69)80-64(74)57-54-51-48-45-42-38-23-20-17-14-11-8-5-2/h8,11,14,17,20,23,52,55,60-63,65-67,69,71-73,75-76H,4-7,9-10,12-13,15-16,18-19,21-22,24-51,53-54,56-59H2,1-3H3,(H,70,77)/b11-8+,17-14+,23-20-,55-52+. The summed E-state index contributed by atoms with van der Waals surface area (Å²) < 4.78 is 17.6. The van der Waals surface area contributed by atoms with E-state index in [4.69, 9.17) is 14.2 Å². The number of unbranched alkanes of at least 4 members (excludes halogenated alkanes) is 40. The molecule has 1 rings (SSSR count). The van der Waals surface area contributed by atoms with Crippen molar-refractivity contribution < 1.29 is 49.3 Å². The quantitative estimate of drug-likeness (QED) is 0.0149. The van der Waals surface area contributed by atoms with Crippen molar-refractivity contribution in [3.8, 4) is 0 Å². The molecule has 1 aliphatic rings. The molecule has 1 fully saturated rings. The van der Waals surface area contributed by atoms with Gasteiger partial charge in [0, 0.05) is 6.42 Å². The number of aliphatic hydroxyl groups excluding tert-OH is 5. The fourth-order valence-corrected chi connectivity index (χ4v) is 10.7. The lowest BCUT2D eigenvalue weighted by molar-refractivity contribution is -0.305. The summed E-state index contributed by atoms with van der Waals surface area (Å²) in [6, 6.07) is -1.03. The molecule has 1 aliphatic heterocycles. The minimum absolute atomic E-state index is 0.101. The highest BCUT2D eigenvalue weighted by atomic mass is 16.7. The number of hydrogen-bond donors (Lipinski definition) is 6. The second kappa shape index (κ2) is 57.1. The van der Waals surface area contributed by atoms with Gasteiger partial charge in [-0.3, -0.25) is 9.59 Å². The van der Waals surface area contributed by atoms with Gasteiger partial charge in [-0.15, -0.1) is 0 Å². The van der Waals surface area contributed by atoms with Gasteiger partial charge in [0.15, 0.2) is 12.4 Å². The van der Waals surface area contributed by atoms with Crippen LogP contribution in [0.1, 0.15) is 316 Å². The minimum atomic E-state index is -1.62. The van der Waals surface area contributed by atoms with Crippen LogP contribution in [-0.4, -0.2) is 99.6 Å². The van der Waals surface area contributed by atoms with Gasteiger partial charge in [0.2, 0.25) is 5.91 Å². The van der Waals surface area contributed by atoms with E-state index >= 15 is 0 Å². The van der Waals surface area contributed by atoms with E-state index in [0.29, 0.717) is 19.3 Å². The number of rotatable bonds is 58. The Morgan fingerprint density at radius 2 is 0.900 bits per heavy atom. The summed E-state index contributed by atoms with van der Waals surface area (Å²) in [7, 11) is 0. The third kappa shape index (κ3) is 44.2. The molecule has 0 aliphatic carbocycles. The fourth-order valence-electron chi connectivity index (χ4n) is 10.7. The Labute approximate surface area is 491 Å². The highest BCUT2D eigenvalue weighted by Crippen LogP contribution is 2.26. The maximum atomic E-state index is 13.5. The number of amides is 1. The van der Waals surface area contributed by atoms with Crippen molar-refractivity contribution in [1.82, 2.24) is 5.32 Å². The van der Waals surface area contributed by atoms with Gasteiger partial charge < -0.3 is 45.1 Å². The zero-order chi connectivity index (χ0) is 58.2. The Hall–Kier alpha value is -2.38. The molecule has 8 unspecified atom stereocenters. The van der Waals surface area contributed by atoms with E-state index in [2.05, 4.69) is 44.3 Å². The average molecular weight is 1130 g/mol. The number of nitrogens with one attached hydrogen (secondary N) is 1. The summed E-state index contributed by atoms with van der Waals surface area (Å²) in [5, 5.41) is 57.0. The van der Waals surface area contributed by atoms with Crippen LogP contribution in [-0.2, 0) is 23.8 Å². The Morgan fingerprint density at radius 3 is 1.34 bits per heavy atom. The molecule has 1 amide bonds. The van der Waals surface area contributed by atoms with Crippen LogP contribution < -0.4 is 5.32 Å². The van der Waals surface area contributed by atoms with Crippen LogP contribution >= 0.6 is 0 Å². The van der Waals surface area contributed by atoms with Crippen LogP contribution in [0.15, 0.2) is 48.6 Å². The number of esters is 1. The van der Waals surface area contributed by atoms with E-state index in [1.807, 2.05) is 24.3 Å². The monoisotopic (exact) mass is 1130 g/mol. The molecule has 0 radical (unpaired) electrons. The van der Waals surface area contributed by atoms with Gasteiger partial charge in [-0.05, 0) is 44.9 Å².